The second-order valence-corrected chi connectivity index (χ2v) is 6.96. The first kappa shape index (κ1) is 16.7. The standard InChI is InChI=1S/C16H14FN3O2S2/c17-11-5-7-12(8-6-11)23-9-2-4-14(21)18-16-20-19-15(22-16)13-3-1-10-24-13/h1,3,5-8,10H,2,4,9H2,(H,18,20,21). The van der Waals surface area contributed by atoms with Crippen LogP contribution in [0, 0.1) is 5.82 Å². The van der Waals surface area contributed by atoms with Gasteiger partial charge in [-0.1, -0.05) is 11.2 Å². The Labute approximate surface area is 146 Å². The Morgan fingerprint density at radius 3 is 2.83 bits per heavy atom. The number of thiophene rings is 1. The molecule has 0 radical (unpaired) electrons. The number of halogens is 1. The lowest BCUT2D eigenvalue weighted by Gasteiger charge is -2.02. The number of carbonyl (C=O) groups excluding carboxylic acids is 1. The molecular weight excluding hydrogens is 349 g/mol. The van der Waals surface area contributed by atoms with Gasteiger partial charge in [0.15, 0.2) is 0 Å². The zero-order valence-corrected chi connectivity index (χ0v) is 14.2. The number of nitrogens with one attached hydrogen (secondary N) is 1. The molecule has 24 heavy (non-hydrogen) atoms. The molecule has 1 aromatic carbocycles. The van der Waals surface area contributed by atoms with Crippen molar-refractivity contribution in [2.45, 2.75) is 17.7 Å². The molecule has 8 heteroatoms. The van der Waals surface area contributed by atoms with Gasteiger partial charge in [0.05, 0.1) is 4.88 Å². The average Bonchev–Trinajstić information content (AvgIpc) is 3.24. The molecule has 0 fully saturated rings. The highest BCUT2D eigenvalue weighted by Crippen LogP contribution is 2.24. The Hall–Kier alpha value is -2.19. The minimum Gasteiger partial charge on any atom is -0.402 e. The van der Waals surface area contributed by atoms with Crippen molar-refractivity contribution < 1.29 is 13.6 Å². The van der Waals surface area contributed by atoms with Crippen molar-refractivity contribution in [3.8, 4) is 10.8 Å². The molecule has 2 aromatic heterocycles. The number of anilines is 1. The molecule has 0 bridgehead atoms. The van der Waals surface area contributed by atoms with E-state index in [9.17, 15) is 9.18 Å². The minimum atomic E-state index is -0.250. The maximum Gasteiger partial charge on any atom is 0.322 e. The number of aromatic nitrogens is 2. The summed E-state index contributed by atoms with van der Waals surface area (Å²) in [6.07, 6.45) is 1.05. The molecule has 0 aliphatic heterocycles. The Kier molecular flexibility index (Phi) is 5.60. The van der Waals surface area contributed by atoms with Gasteiger partial charge in [0.1, 0.15) is 5.82 Å². The van der Waals surface area contributed by atoms with Crippen molar-refractivity contribution in [1.29, 1.82) is 0 Å². The molecule has 0 aliphatic rings. The van der Waals surface area contributed by atoms with Crippen molar-refractivity contribution in [3.05, 3.63) is 47.6 Å². The highest BCUT2D eigenvalue weighted by molar-refractivity contribution is 7.99. The first-order chi connectivity index (χ1) is 11.7. The van der Waals surface area contributed by atoms with Crippen LogP contribution in [0.25, 0.3) is 10.8 Å². The van der Waals surface area contributed by atoms with Crippen LogP contribution in [0.2, 0.25) is 0 Å². The third-order valence-corrected chi connectivity index (χ3v) is 4.99. The molecule has 2 heterocycles. The lowest BCUT2D eigenvalue weighted by atomic mass is 10.3. The molecule has 124 valence electrons. The number of benzene rings is 1. The monoisotopic (exact) mass is 363 g/mol. The molecule has 5 nitrogen and oxygen atoms in total. The number of thioether (sulfide) groups is 1. The smallest absolute Gasteiger partial charge is 0.322 e. The van der Waals surface area contributed by atoms with Crippen molar-refractivity contribution in [1.82, 2.24) is 10.2 Å². The summed E-state index contributed by atoms with van der Waals surface area (Å²) in [6.45, 7) is 0. The van der Waals surface area contributed by atoms with Gasteiger partial charge in [-0.3, -0.25) is 10.1 Å². The molecule has 0 saturated carbocycles. The van der Waals surface area contributed by atoms with Crippen LogP contribution in [0.15, 0.2) is 51.1 Å². The SMILES string of the molecule is O=C(CCCSc1ccc(F)cc1)Nc1nnc(-c2cccs2)o1. The van der Waals surface area contributed by atoms with Gasteiger partial charge in [0.2, 0.25) is 5.91 Å². The Morgan fingerprint density at radius 2 is 2.08 bits per heavy atom. The number of amides is 1. The summed E-state index contributed by atoms with van der Waals surface area (Å²) in [6, 6.07) is 10.2. The Morgan fingerprint density at radius 1 is 1.25 bits per heavy atom. The van der Waals surface area contributed by atoms with Gasteiger partial charge in [-0.05, 0) is 47.9 Å². The van der Waals surface area contributed by atoms with Crippen LogP contribution in [0.1, 0.15) is 12.8 Å². The third-order valence-electron chi connectivity index (χ3n) is 3.03. The number of hydrogen-bond donors (Lipinski definition) is 1. The fraction of sp³-hybridized carbons (Fsp3) is 0.188. The lowest BCUT2D eigenvalue weighted by molar-refractivity contribution is -0.116. The van der Waals surface area contributed by atoms with Crippen molar-refractivity contribution >= 4 is 35.0 Å². The maximum absolute atomic E-state index is 12.8. The van der Waals surface area contributed by atoms with Crippen LogP contribution in [-0.2, 0) is 4.79 Å². The van der Waals surface area contributed by atoms with Crippen LogP contribution in [0.3, 0.4) is 0 Å². The molecular formula is C16H14FN3O2S2. The van der Waals surface area contributed by atoms with Gasteiger partial charge >= 0.3 is 6.01 Å². The van der Waals surface area contributed by atoms with Crippen molar-refractivity contribution in [2.24, 2.45) is 0 Å². The predicted octanol–water partition coefficient (Wildman–Crippen LogP) is 4.45. The molecule has 0 atom stereocenters. The van der Waals surface area contributed by atoms with Gasteiger partial charge in [-0.2, -0.15) is 0 Å². The van der Waals surface area contributed by atoms with Crippen LogP contribution >= 0.6 is 23.1 Å². The number of hydrogen-bond acceptors (Lipinski definition) is 6. The molecule has 1 amide bonds. The quantitative estimate of drug-likeness (QED) is 0.496. The van der Waals surface area contributed by atoms with Crippen LogP contribution in [0.5, 0.6) is 0 Å². The number of nitrogens with zero attached hydrogens (tertiary/aromatic N) is 2. The Balaban J connectivity index is 1.40. The molecule has 0 aliphatic carbocycles. The van der Waals surface area contributed by atoms with E-state index < -0.39 is 0 Å². The first-order valence-electron chi connectivity index (χ1n) is 7.26. The van der Waals surface area contributed by atoms with E-state index >= 15 is 0 Å². The van der Waals surface area contributed by atoms with Crippen LogP contribution in [-0.4, -0.2) is 21.9 Å². The van der Waals surface area contributed by atoms with Gasteiger partial charge < -0.3 is 4.42 Å². The van der Waals surface area contributed by atoms with Gasteiger partial charge in [0.25, 0.3) is 5.89 Å². The minimum absolute atomic E-state index is 0.106. The van der Waals surface area contributed by atoms with E-state index in [4.69, 9.17) is 4.42 Å². The molecule has 3 rings (SSSR count). The van der Waals surface area contributed by atoms with E-state index in [1.54, 1.807) is 23.9 Å². The van der Waals surface area contributed by atoms with Gasteiger partial charge in [-0.25, -0.2) is 4.39 Å². The number of carbonyl (C=O) groups is 1. The summed E-state index contributed by atoms with van der Waals surface area (Å²) in [7, 11) is 0. The maximum atomic E-state index is 12.8. The molecule has 0 saturated heterocycles. The van der Waals surface area contributed by atoms with E-state index in [2.05, 4.69) is 15.5 Å². The Bertz CT molecular complexity index is 788. The summed E-state index contributed by atoms with van der Waals surface area (Å²) >= 11 is 3.07. The molecule has 0 spiro atoms. The van der Waals surface area contributed by atoms with Gasteiger partial charge in [-0.15, -0.1) is 28.2 Å². The summed E-state index contributed by atoms with van der Waals surface area (Å²) in [5, 5.41) is 12.2. The molecule has 0 unspecified atom stereocenters. The van der Waals surface area contributed by atoms with Gasteiger partial charge in [0, 0.05) is 11.3 Å². The predicted molar refractivity (Wildman–Crippen MR) is 92.6 cm³/mol. The summed E-state index contributed by atoms with van der Waals surface area (Å²) in [5.41, 5.74) is 0. The van der Waals surface area contributed by atoms with Crippen LogP contribution < -0.4 is 5.32 Å². The number of rotatable bonds is 7. The zero-order chi connectivity index (χ0) is 16.8. The lowest BCUT2D eigenvalue weighted by Crippen LogP contribution is -2.11. The summed E-state index contributed by atoms with van der Waals surface area (Å²) < 4.78 is 18.2. The van der Waals surface area contributed by atoms with E-state index in [0.29, 0.717) is 18.7 Å². The van der Waals surface area contributed by atoms with E-state index in [0.717, 1.165) is 15.5 Å². The van der Waals surface area contributed by atoms with Crippen molar-refractivity contribution in [3.63, 3.8) is 0 Å². The summed E-state index contributed by atoms with van der Waals surface area (Å²) in [5.74, 6) is 0.743. The highest BCUT2D eigenvalue weighted by Gasteiger charge is 2.11. The fourth-order valence-corrected chi connectivity index (χ4v) is 3.41. The first-order valence-corrected chi connectivity index (χ1v) is 9.13. The molecule has 3 aromatic rings. The molecule has 1 N–H and O–H groups in total. The fourth-order valence-electron chi connectivity index (χ4n) is 1.91. The average molecular weight is 363 g/mol. The highest BCUT2D eigenvalue weighted by atomic mass is 32.2. The van der Waals surface area contributed by atoms with E-state index in [1.165, 1.54) is 23.5 Å². The normalized spacial score (nSPS) is 10.7. The summed E-state index contributed by atoms with van der Waals surface area (Å²) in [4.78, 5) is 13.7. The third kappa shape index (κ3) is 4.65. The second kappa shape index (κ2) is 8.07. The largest absolute Gasteiger partial charge is 0.402 e. The zero-order valence-electron chi connectivity index (χ0n) is 12.6. The second-order valence-electron chi connectivity index (χ2n) is 4.84. The van der Waals surface area contributed by atoms with Crippen LogP contribution in [0.4, 0.5) is 10.4 Å². The topological polar surface area (TPSA) is 68.0 Å². The van der Waals surface area contributed by atoms with E-state index in [-0.39, 0.29) is 17.7 Å². The van der Waals surface area contributed by atoms with E-state index in [1.807, 2.05) is 17.5 Å². The van der Waals surface area contributed by atoms with Crippen molar-refractivity contribution in [2.75, 3.05) is 11.1 Å².